The lowest BCUT2D eigenvalue weighted by Gasteiger charge is -2.20. The van der Waals surface area contributed by atoms with E-state index in [2.05, 4.69) is 10.4 Å². The van der Waals surface area contributed by atoms with E-state index in [-0.39, 0.29) is 5.78 Å². The van der Waals surface area contributed by atoms with Crippen LogP contribution in [0.25, 0.3) is 0 Å². The Balaban J connectivity index is 1.87. The minimum absolute atomic E-state index is 0.152. The second-order valence-corrected chi connectivity index (χ2v) is 4.94. The van der Waals surface area contributed by atoms with Gasteiger partial charge in [-0.1, -0.05) is 12.1 Å². The number of rotatable bonds is 3. The molecule has 0 saturated heterocycles. The van der Waals surface area contributed by atoms with E-state index in [1.54, 1.807) is 4.68 Å². The normalized spacial score (nSPS) is 13.7. The van der Waals surface area contributed by atoms with Gasteiger partial charge in [0.25, 0.3) is 0 Å². The Hall–Kier alpha value is -2.10. The highest BCUT2D eigenvalue weighted by Crippen LogP contribution is 2.26. The molecular weight excluding hydrogens is 238 g/mol. The molecule has 0 aliphatic carbocycles. The third kappa shape index (κ3) is 2.38. The Kier molecular flexibility index (Phi) is 3.07. The van der Waals surface area contributed by atoms with E-state index in [1.807, 2.05) is 37.5 Å². The van der Waals surface area contributed by atoms with Gasteiger partial charge in [-0.2, -0.15) is 5.10 Å². The summed E-state index contributed by atoms with van der Waals surface area (Å²) in [5, 5.41) is 7.62. The highest BCUT2D eigenvalue weighted by molar-refractivity contribution is 6.00. The maximum Gasteiger partial charge on any atom is 0.169 e. The summed E-state index contributed by atoms with van der Waals surface area (Å²) in [5.41, 5.74) is 3.94. The van der Waals surface area contributed by atoms with Crippen LogP contribution in [0.5, 0.6) is 0 Å². The van der Waals surface area contributed by atoms with E-state index in [0.29, 0.717) is 6.42 Å². The molecule has 0 amide bonds. The standard InChI is InChI=1S/C15H17N3O/c1-18-9-7-11(17-18)10-15(19)13-4-2-6-14-12(13)5-3-8-16-14/h2,4,6-7,9,16H,3,5,8,10H2,1H3. The summed E-state index contributed by atoms with van der Waals surface area (Å²) in [6.07, 6.45) is 4.30. The molecule has 1 aromatic heterocycles. The lowest BCUT2D eigenvalue weighted by Crippen LogP contribution is -2.16. The number of benzene rings is 1. The van der Waals surface area contributed by atoms with Crippen molar-refractivity contribution < 1.29 is 4.79 Å². The maximum absolute atomic E-state index is 12.4. The second-order valence-electron chi connectivity index (χ2n) is 4.94. The number of carbonyl (C=O) groups is 1. The first-order valence-corrected chi connectivity index (χ1v) is 6.61. The molecule has 0 atom stereocenters. The second kappa shape index (κ2) is 4.88. The first kappa shape index (κ1) is 12.0. The molecule has 1 N–H and O–H groups in total. The van der Waals surface area contributed by atoms with Crippen LogP contribution in [-0.2, 0) is 19.9 Å². The molecule has 1 aliphatic heterocycles. The first-order chi connectivity index (χ1) is 9.24. The number of hydrogen-bond donors (Lipinski definition) is 1. The van der Waals surface area contributed by atoms with Gasteiger partial charge in [0.15, 0.2) is 5.78 Å². The van der Waals surface area contributed by atoms with E-state index in [4.69, 9.17) is 0 Å². The fourth-order valence-corrected chi connectivity index (χ4v) is 2.59. The van der Waals surface area contributed by atoms with Crippen LogP contribution >= 0.6 is 0 Å². The topological polar surface area (TPSA) is 46.9 Å². The van der Waals surface area contributed by atoms with E-state index in [0.717, 1.165) is 41.9 Å². The van der Waals surface area contributed by atoms with Gasteiger partial charge in [0.1, 0.15) is 0 Å². The molecule has 1 aromatic carbocycles. The van der Waals surface area contributed by atoms with E-state index < -0.39 is 0 Å². The summed E-state index contributed by atoms with van der Waals surface area (Å²) >= 11 is 0. The molecule has 2 heterocycles. The number of carbonyl (C=O) groups excluding carboxylic acids is 1. The SMILES string of the molecule is Cn1ccc(CC(=O)c2cccc3c2CCCN3)n1. The molecule has 19 heavy (non-hydrogen) atoms. The maximum atomic E-state index is 12.4. The number of nitrogens with one attached hydrogen (secondary N) is 1. The Morgan fingerprint density at radius 2 is 2.32 bits per heavy atom. The molecule has 0 fully saturated rings. The minimum Gasteiger partial charge on any atom is -0.385 e. The Bertz CT molecular complexity index is 616. The zero-order valence-electron chi connectivity index (χ0n) is 11.0. The van der Waals surface area contributed by atoms with Crippen molar-refractivity contribution in [2.45, 2.75) is 19.3 Å². The fourth-order valence-electron chi connectivity index (χ4n) is 2.59. The first-order valence-electron chi connectivity index (χ1n) is 6.61. The van der Waals surface area contributed by atoms with Crippen molar-refractivity contribution in [2.24, 2.45) is 7.05 Å². The smallest absolute Gasteiger partial charge is 0.169 e. The Morgan fingerprint density at radius 3 is 3.11 bits per heavy atom. The van der Waals surface area contributed by atoms with Crippen LogP contribution in [-0.4, -0.2) is 22.1 Å². The number of fused-ring (bicyclic) bond motifs is 1. The molecule has 4 heteroatoms. The van der Waals surface area contributed by atoms with Crippen LogP contribution in [0, 0.1) is 0 Å². The van der Waals surface area contributed by atoms with Gasteiger partial charge >= 0.3 is 0 Å². The van der Waals surface area contributed by atoms with Crippen LogP contribution in [0.2, 0.25) is 0 Å². The van der Waals surface area contributed by atoms with E-state index >= 15 is 0 Å². The van der Waals surface area contributed by atoms with Crippen LogP contribution < -0.4 is 5.32 Å². The molecule has 0 bridgehead atoms. The summed E-state index contributed by atoms with van der Waals surface area (Å²) in [7, 11) is 1.86. The monoisotopic (exact) mass is 255 g/mol. The number of ketones is 1. The van der Waals surface area contributed by atoms with E-state index in [9.17, 15) is 4.79 Å². The van der Waals surface area contributed by atoms with Crippen molar-refractivity contribution in [1.29, 1.82) is 0 Å². The third-order valence-corrected chi connectivity index (χ3v) is 3.51. The average Bonchev–Trinajstić information content (AvgIpc) is 2.83. The molecule has 3 rings (SSSR count). The van der Waals surface area contributed by atoms with Gasteiger partial charge in [-0.15, -0.1) is 0 Å². The molecule has 98 valence electrons. The number of hydrogen-bond acceptors (Lipinski definition) is 3. The summed E-state index contributed by atoms with van der Waals surface area (Å²) in [6.45, 7) is 0.991. The number of anilines is 1. The predicted octanol–water partition coefficient (Wildman–Crippen LogP) is 2.20. The molecule has 2 aromatic rings. The minimum atomic E-state index is 0.152. The zero-order valence-corrected chi connectivity index (χ0v) is 11.0. The zero-order chi connectivity index (χ0) is 13.2. The van der Waals surface area contributed by atoms with Crippen LogP contribution in [0.15, 0.2) is 30.5 Å². The predicted molar refractivity (Wildman–Crippen MR) is 74.5 cm³/mol. The van der Waals surface area contributed by atoms with E-state index in [1.165, 1.54) is 0 Å². The highest BCUT2D eigenvalue weighted by atomic mass is 16.1. The van der Waals surface area contributed by atoms with Crippen molar-refractivity contribution in [3.63, 3.8) is 0 Å². The van der Waals surface area contributed by atoms with Gasteiger partial charge in [-0.05, 0) is 30.5 Å². The van der Waals surface area contributed by atoms with Gasteiger partial charge in [-0.3, -0.25) is 9.48 Å². The van der Waals surface area contributed by atoms with Crippen molar-refractivity contribution in [1.82, 2.24) is 9.78 Å². The summed E-state index contributed by atoms with van der Waals surface area (Å²) in [5.74, 6) is 0.152. The third-order valence-electron chi connectivity index (χ3n) is 3.51. The lowest BCUT2D eigenvalue weighted by molar-refractivity contribution is 0.0991. The van der Waals surface area contributed by atoms with Gasteiger partial charge in [0.2, 0.25) is 0 Å². The molecule has 0 spiro atoms. The average molecular weight is 255 g/mol. The van der Waals surface area contributed by atoms with Crippen molar-refractivity contribution in [2.75, 3.05) is 11.9 Å². The van der Waals surface area contributed by atoms with Gasteiger partial charge in [0, 0.05) is 31.0 Å². The summed E-state index contributed by atoms with van der Waals surface area (Å²) in [6, 6.07) is 7.82. The van der Waals surface area contributed by atoms with Crippen LogP contribution in [0.4, 0.5) is 5.69 Å². The van der Waals surface area contributed by atoms with Crippen LogP contribution in [0.3, 0.4) is 0 Å². The molecule has 1 aliphatic rings. The van der Waals surface area contributed by atoms with Crippen molar-refractivity contribution in [3.05, 3.63) is 47.3 Å². The molecular formula is C15H17N3O. The molecule has 0 unspecified atom stereocenters. The highest BCUT2D eigenvalue weighted by Gasteiger charge is 2.18. The largest absolute Gasteiger partial charge is 0.385 e. The van der Waals surface area contributed by atoms with Gasteiger partial charge in [0.05, 0.1) is 12.1 Å². The molecule has 0 saturated carbocycles. The molecule has 4 nitrogen and oxygen atoms in total. The lowest BCUT2D eigenvalue weighted by atomic mass is 9.94. The quantitative estimate of drug-likeness (QED) is 0.855. The van der Waals surface area contributed by atoms with Crippen LogP contribution in [0.1, 0.15) is 28.0 Å². The van der Waals surface area contributed by atoms with Crippen molar-refractivity contribution in [3.8, 4) is 0 Å². The summed E-state index contributed by atoms with van der Waals surface area (Å²) in [4.78, 5) is 12.4. The van der Waals surface area contributed by atoms with Gasteiger partial charge < -0.3 is 5.32 Å². The summed E-state index contributed by atoms with van der Waals surface area (Å²) < 4.78 is 1.73. The Labute approximate surface area is 112 Å². The number of aryl methyl sites for hydroxylation is 1. The number of aromatic nitrogens is 2. The Morgan fingerprint density at radius 1 is 1.42 bits per heavy atom. The molecule has 0 radical (unpaired) electrons. The number of nitrogens with zero attached hydrogens (tertiary/aromatic N) is 2. The van der Waals surface area contributed by atoms with Gasteiger partial charge in [-0.25, -0.2) is 0 Å². The number of Topliss-reactive ketones (excluding diaryl/α,β-unsaturated/α-hetero) is 1. The van der Waals surface area contributed by atoms with Crippen molar-refractivity contribution >= 4 is 11.5 Å². The fraction of sp³-hybridized carbons (Fsp3) is 0.333.